The van der Waals surface area contributed by atoms with Gasteiger partial charge in [0.05, 0.1) is 6.20 Å². The zero-order valence-electron chi connectivity index (χ0n) is 15.8. The third kappa shape index (κ3) is 4.09. The maximum absolute atomic E-state index is 13.9. The first-order valence-corrected chi connectivity index (χ1v) is 11.3. The molecule has 0 spiro atoms. The largest absolute Gasteiger partial charge is 0.335 e. The minimum atomic E-state index is -3.50. The van der Waals surface area contributed by atoms with Crippen LogP contribution in [0.25, 0.3) is 10.6 Å². The molecule has 1 amide bonds. The number of piperazine rings is 1. The van der Waals surface area contributed by atoms with E-state index in [1.165, 1.54) is 20.9 Å². The molecule has 2 aromatic rings. The molecule has 0 aliphatic carbocycles. The molecule has 0 unspecified atom stereocenters. The lowest BCUT2D eigenvalue weighted by Gasteiger charge is -2.36. The number of thiazole rings is 1. The molecule has 7 nitrogen and oxygen atoms in total. The van der Waals surface area contributed by atoms with Gasteiger partial charge in [0.15, 0.2) is 0 Å². The summed E-state index contributed by atoms with van der Waals surface area (Å²) in [6, 6.07) is 6.30. The maximum atomic E-state index is 13.9. The van der Waals surface area contributed by atoms with E-state index in [4.69, 9.17) is 0 Å². The van der Waals surface area contributed by atoms with E-state index in [1.807, 2.05) is 0 Å². The molecule has 2 heterocycles. The van der Waals surface area contributed by atoms with Gasteiger partial charge in [0.2, 0.25) is 0 Å². The molecular formula is C18H23FN4O3S2. The molecule has 0 saturated carbocycles. The second-order valence-corrected chi connectivity index (χ2v) is 9.25. The molecule has 1 aromatic carbocycles. The minimum absolute atomic E-state index is 0.208. The Bertz CT molecular complexity index is 936. The van der Waals surface area contributed by atoms with Gasteiger partial charge in [-0.3, -0.25) is 4.79 Å². The number of amides is 1. The summed E-state index contributed by atoms with van der Waals surface area (Å²) in [5.74, 6) is -0.592. The highest BCUT2D eigenvalue weighted by Gasteiger charge is 2.32. The molecule has 152 valence electrons. The Hall–Kier alpha value is -1.88. The summed E-state index contributed by atoms with van der Waals surface area (Å²) in [5.41, 5.74) is 0.363. The van der Waals surface area contributed by atoms with Crippen molar-refractivity contribution in [2.24, 2.45) is 0 Å². The molecular weight excluding hydrogens is 403 g/mol. The Morgan fingerprint density at radius 2 is 1.82 bits per heavy atom. The van der Waals surface area contributed by atoms with Crippen LogP contribution in [0.15, 0.2) is 30.5 Å². The van der Waals surface area contributed by atoms with Crippen LogP contribution in [0.2, 0.25) is 0 Å². The molecule has 0 N–H and O–H groups in total. The smallest absolute Gasteiger partial charge is 0.282 e. The number of carbonyl (C=O) groups excluding carboxylic acids is 1. The predicted octanol–water partition coefficient (Wildman–Crippen LogP) is 2.29. The Morgan fingerprint density at radius 3 is 2.43 bits per heavy atom. The predicted molar refractivity (Wildman–Crippen MR) is 107 cm³/mol. The van der Waals surface area contributed by atoms with Crippen molar-refractivity contribution >= 4 is 27.5 Å². The van der Waals surface area contributed by atoms with Crippen molar-refractivity contribution in [2.75, 3.05) is 39.3 Å². The van der Waals surface area contributed by atoms with Crippen LogP contribution >= 0.6 is 11.3 Å². The lowest BCUT2D eigenvalue weighted by atomic mass is 10.2. The molecule has 10 heteroatoms. The number of benzene rings is 1. The molecule has 1 aliphatic rings. The molecule has 0 radical (unpaired) electrons. The van der Waals surface area contributed by atoms with E-state index in [0.29, 0.717) is 41.6 Å². The SMILES string of the molecule is CCN(CC)S(=O)(=O)N1CCN(C(=O)c2cnc(-c3ccccc3F)s2)CC1. The quantitative estimate of drug-likeness (QED) is 0.710. The van der Waals surface area contributed by atoms with Gasteiger partial charge in [0, 0.05) is 44.8 Å². The Kier molecular flexibility index (Phi) is 6.43. The lowest BCUT2D eigenvalue weighted by Crippen LogP contribution is -2.54. The summed E-state index contributed by atoms with van der Waals surface area (Å²) in [5, 5.41) is 0.448. The normalized spacial score (nSPS) is 15.9. The highest BCUT2D eigenvalue weighted by molar-refractivity contribution is 7.86. The van der Waals surface area contributed by atoms with Crippen LogP contribution in [0.4, 0.5) is 4.39 Å². The van der Waals surface area contributed by atoms with Crippen molar-refractivity contribution in [1.29, 1.82) is 0 Å². The van der Waals surface area contributed by atoms with E-state index in [-0.39, 0.29) is 24.8 Å². The highest BCUT2D eigenvalue weighted by Crippen LogP contribution is 2.28. The second kappa shape index (κ2) is 8.64. The van der Waals surface area contributed by atoms with Crippen molar-refractivity contribution < 1.29 is 17.6 Å². The molecule has 0 bridgehead atoms. The third-order valence-corrected chi connectivity index (χ3v) is 7.91. The summed E-state index contributed by atoms with van der Waals surface area (Å²) in [7, 11) is -3.50. The van der Waals surface area contributed by atoms with Crippen molar-refractivity contribution in [2.45, 2.75) is 13.8 Å². The standard InChI is InChI=1S/C18H23FN4O3S2/c1-3-22(4-2)28(25,26)23-11-9-21(10-12-23)18(24)16-13-20-17(27-16)14-7-5-6-8-15(14)19/h5-8,13H,3-4,9-12H2,1-2H3. The fourth-order valence-corrected chi connectivity index (χ4v) is 5.64. The van der Waals surface area contributed by atoms with Gasteiger partial charge in [0.1, 0.15) is 15.7 Å². The van der Waals surface area contributed by atoms with Crippen LogP contribution in [0.1, 0.15) is 23.5 Å². The van der Waals surface area contributed by atoms with Crippen molar-refractivity contribution in [3.8, 4) is 10.6 Å². The van der Waals surface area contributed by atoms with Gasteiger partial charge in [-0.05, 0) is 12.1 Å². The molecule has 1 fully saturated rings. The van der Waals surface area contributed by atoms with E-state index in [0.717, 1.165) is 11.3 Å². The highest BCUT2D eigenvalue weighted by atomic mass is 32.2. The molecule has 3 rings (SSSR count). The van der Waals surface area contributed by atoms with Gasteiger partial charge in [-0.15, -0.1) is 11.3 Å². The van der Waals surface area contributed by atoms with E-state index in [2.05, 4.69) is 4.98 Å². The van der Waals surface area contributed by atoms with Gasteiger partial charge in [-0.2, -0.15) is 17.0 Å². The van der Waals surface area contributed by atoms with Crippen molar-refractivity contribution in [1.82, 2.24) is 18.5 Å². The lowest BCUT2D eigenvalue weighted by molar-refractivity contribution is 0.0699. The number of hydrogen-bond donors (Lipinski definition) is 0. The third-order valence-electron chi connectivity index (χ3n) is 4.70. The van der Waals surface area contributed by atoms with Gasteiger partial charge < -0.3 is 4.90 Å². The van der Waals surface area contributed by atoms with Gasteiger partial charge in [0.25, 0.3) is 16.1 Å². The molecule has 1 aliphatic heterocycles. The number of rotatable bonds is 6. The Balaban J connectivity index is 1.67. The van der Waals surface area contributed by atoms with E-state index in [1.54, 1.807) is 36.9 Å². The number of nitrogens with zero attached hydrogens (tertiary/aromatic N) is 4. The zero-order chi connectivity index (χ0) is 20.3. The first kappa shape index (κ1) is 20.8. The number of aromatic nitrogens is 1. The first-order valence-electron chi connectivity index (χ1n) is 9.13. The average Bonchev–Trinajstić information content (AvgIpc) is 3.18. The molecule has 0 atom stereocenters. The summed E-state index contributed by atoms with van der Waals surface area (Å²) >= 11 is 1.14. The van der Waals surface area contributed by atoms with Crippen LogP contribution in [-0.2, 0) is 10.2 Å². The second-order valence-electron chi connectivity index (χ2n) is 6.29. The fraction of sp³-hybridized carbons (Fsp3) is 0.444. The van der Waals surface area contributed by atoms with Gasteiger partial charge in [-0.25, -0.2) is 9.37 Å². The van der Waals surface area contributed by atoms with Gasteiger partial charge >= 0.3 is 0 Å². The zero-order valence-corrected chi connectivity index (χ0v) is 17.5. The first-order chi connectivity index (χ1) is 13.4. The Morgan fingerprint density at radius 1 is 1.18 bits per heavy atom. The fourth-order valence-electron chi connectivity index (χ4n) is 3.12. The summed E-state index contributed by atoms with van der Waals surface area (Å²) in [6.45, 7) is 5.57. The maximum Gasteiger partial charge on any atom is 0.282 e. The van der Waals surface area contributed by atoms with Crippen LogP contribution in [0, 0.1) is 5.82 Å². The number of carbonyl (C=O) groups is 1. The summed E-state index contributed by atoms with van der Waals surface area (Å²) < 4.78 is 41.9. The summed E-state index contributed by atoms with van der Waals surface area (Å²) in [4.78, 5) is 19.0. The average molecular weight is 427 g/mol. The van der Waals surface area contributed by atoms with Crippen molar-refractivity contribution in [3.05, 3.63) is 41.2 Å². The van der Waals surface area contributed by atoms with Gasteiger partial charge in [-0.1, -0.05) is 26.0 Å². The number of halogens is 1. The minimum Gasteiger partial charge on any atom is -0.335 e. The monoisotopic (exact) mass is 426 g/mol. The summed E-state index contributed by atoms with van der Waals surface area (Å²) in [6.07, 6.45) is 1.45. The van der Waals surface area contributed by atoms with E-state index < -0.39 is 10.2 Å². The Labute approximate surface area is 168 Å². The van der Waals surface area contributed by atoms with Crippen LogP contribution in [0.3, 0.4) is 0 Å². The van der Waals surface area contributed by atoms with E-state index in [9.17, 15) is 17.6 Å². The van der Waals surface area contributed by atoms with E-state index >= 15 is 0 Å². The van der Waals surface area contributed by atoms with Crippen LogP contribution < -0.4 is 0 Å². The molecule has 1 saturated heterocycles. The van der Waals surface area contributed by atoms with Crippen molar-refractivity contribution in [3.63, 3.8) is 0 Å². The molecule has 1 aromatic heterocycles. The van der Waals surface area contributed by atoms with Crippen LogP contribution in [-0.4, -0.2) is 72.1 Å². The van der Waals surface area contributed by atoms with Crippen LogP contribution in [0.5, 0.6) is 0 Å². The number of hydrogen-bond acceptors (Lipinski definition) is 5. The topological polar surface area (TPSA) is 73.8 Å². The molecule has 28 heavy (non-hydrogen) atoms.